The first-order valence-electron chi connectivity index (χ1n) is 7.78. The first kappa shape index (κ1) is 17.7. The molecule has 0 saturated carbocycles. The van der Waals surface area contributed by atoms with Crippen LogP contribution in [0.3, 0.4) is 0 Å². The number of pyridine rings is 1. The summed E-state index contributed by atoms with van der Waals surface area (Å²) in [6.07, 6.45) is 3.49. The van der Waals surface area contributed by atoms with Gasteiger partial charge in [-0.25, -0.2) is 0 Å². The van der Waals surface area contributed by atoms with Gasteiger partial charge in [0, 0.05) is 28.0 Å². The van der Waals surface area contributed by atoms with Gasteiger partial charge in [0.1, 0.15) is 5.01 Å². The van der Waals surface area contributed by atoms with Gasteiger partial charge in [0.05, 0.1) is 21.3 Å². The summed E-state index contributed by atoms with van der Waals surface area (Å²) in [6.45, 7) is 0. The van der Waals surface area contributed by atoms with Gasteiger partial charge in [0.2, 0.25) is 10.7 Å². The Morgan fingerprint density at radius 3 is 2.30 bits per heavy atom. The number of nitrogens with zero attached hydrogens (tertiary/aromatic N) is 5. The summed E-state index contributed by atoms with van der Waals surface area (Å²) in [4.78, 5) is 4.86. The predicted octanol–water partition coefficient (Wildman–Crippen LogP) is 3.70. The van der Waals surface area contributed by atoms with E-state index >= 15 is 0 Å². The van der Waals surface area contributed by atoms with Crippen LogP contribution >= 0.6 is 27.3 Å². The summed E-state index contributed by atoms with van der Waals surface area (Å²) in [5.74, 6) is 2.17. The van der Waals surface area contributed by atoms with Gasteiger partial charge < -0.3 is 14.2 Å². The van der Waals surface area contributed by atoms with Crippen LogP contribution in [-0.2, 0) is 0 Å². The van der Waals surface area contributed by atoms with Crippen LogP contribution in [0.25, 0.3) is 26.9 Å². The Morgan fingerprint density at radius 2 is 1.67 bits per heavy atom. The summed E-state index contributed by atoms with van der Waals surface area (Å²) < 4.78 is 18.8. The minimum absolute atomic E-state index is 0.517. The first-order valence-corrected chi connectivity index (χ1v) is 9.39. The van der Waals surface area contributed by atoms with Gasteiger partial charge in [-0.3, -0.25) is 4.98 Å². The van der Waals surface area contributed by atoms with E-state index in [9.17, 15) is 0 Å². The predicted molar refractivity (Wildman–Crippen MR) is 105 cm³/mol. The smallest absolute Gasteiger partial charge is 0.235 e. The van der Waals surface area contributed by atoms with Crippen molar-refractivity contribution in [1.82, 2.24) is 24.8 Å². The van der Waals surface area contributed by atoms with Crippen molar-refractivity contribution in [2.24, 2.45) is 0 Å². The summed E-state index contributed by atoms with van der Waals surface area (Å²) in [6, 6.07) is 5.59. The molecule has 4 rings (SSSR count). The Bertz CT molecular complexity index is 1100. The van der Waals surface area contributed by atoms with Crippen molar-refractivity contribution < 1.29 is 14.2 Å². The standard InChI is InChI=1S/C17H14BrN5O3S/c1-24-12-5-9(6-13(25-2)14(12)26-3)15-20-21-17-23(15)22-16(27-17)10-4-11(18)8-19-7-10/h4-8H,1-3H3. The molecule has 0 radical (unpaired) electrons. The van der Waals surface area contributed by atoms with E-state index in [0.717, 1.165) is 20.6 Å². The molecule has 10 heteroatoms. The van der Waals surface area contributed by atoms with Crippen molar-refractivity contribution in [3.8, 4) is 39.2 Å². The molecule has 0 N–H and O–H groups in total. The fourth-order valence-electron chi connectivity index (χ4n) is 2.65. The quantitative estimate of drug-likeness (QED) is 0.460. The molecule has 0 saturated heterocycles. The van der Waals surface area contributed by atoms with Crippen molar-refractivity contribution in [1.29, 1.82) is 0 Å². The Labute approximate surface area is 166 Å². The Balaban J connectivity index is 1.85. The minimum Gasteiger partial charge on any atom is -0.493 e. The topological polar surface area (TPSA) is 83.7 Å². The molecule has 8 nitrogen and oxygen atoms in total. The van der Waals surface area contributed by atoms with Crippen LogP contribution in [0, 0.1) is 0 Å². The summed E-state index contributed by atoms with van der Waals surface area (Å²) >= 11 is 4.86. The molecule has 0 aliphatic carbocycles. The molecular weight excluding hydrogens is 434 g/mol. The van der Waals surface area contributed by atoms with Gasteiger partial charge in [-0.15, -0.1) is 10.2 Å². The molecular formula is C17H14BrN5O3S. The second-order valence-electron chi connectivity index (χ2n) is 5.43. The fourth-order valence-corrected chi connectivity index (χ4v) is 3.84. The van der Waals surface area contributed by atoms with E-state index < -0.39 is 0 Å². The summed E-state index contributed by atoms with van der Waals surface area (Å²) in [5.41, 5.74) is 1.65. The van der Waals surface area contributed by atoms with Gasteiger partial charge in [-0.1, -0.05) is 11.3 Å². The molecule has 27 heavy (non-hydrogen) atoms. The van der Waals surface area contributed by atoms with Crippen LogP contribution in [0.5, 0.6) is 17.2 Å². The van der Waals surface area contributed by atoms with E-state index in [0.29, 0.717) is 28.0 Å². The molecule has 0 atom stereocenters. The second-order valence-corrected chi connectivity index (χ2v) is 7.30. The van der Waals surface area contributed by atoms with E-state index in [-0.39, 0.29) is 0 Å². The van der Waals surface area contributed by atoms with Crippen LogP contribution in [0.1, 0.15) is 0 Å². The summed E-state index contributed by atoms with van der Waals surface area (Å²) in [5, 5.41) is 14.0. The molecule has 3 heterocycles. The highest BCUT2D eigenvalue weighted by Gasteiger charge is 2.19. The minimum atomic E-state index is 0.517. The fraction of sp³-hybridized carbons (Fsp3) is 0.176. The average molecular weight is 448 g/mol. The zero-order valence-corrected chi connectivity index (χ0v) is 17.0. The normalized spacial score (nSPS) is 11.0. The van der Waals surface area contributed by atoms with Crippen LogP contribution in [-0.4, -0.2) is 46.1 Å². The largest absolute Gasteiger partial charge is 0.493 e. The molecule has 0 spiro atoms. The van der Waals surface area contributed by atoms with Crippen molar-refractivity contribution in [3.05, 3.63) is 35.1 Å². The van der Waals surface area contributed by atoms with Gasteiger partial charge in [-0.2, -0.15) is 9.61 Å². The van der Waals surface area contributed by atoms with Crippen LogP contribution < -0.4 is 14.2 Å². The number of hydrogen-bond donors (Lipinski definition) is 0. The summed E-state index contributed by atoms with van der Waals surface area (Å²) in [7, 11) is 4.71. The SMILES string of the molecule is COc1cc(-c2nnc3sc(-c4cncc(Br)c4)nn23)cc(OC)c1OC. The van der Waals surface area contributed by atoms with Crippen molar-refractivity contribution in [3.63, 3.8) is 0 Å². The molecule has 0 amide bonds. The van der Waals surface area contributed by atoms with E-state index in [1.54, 1.807) is 38.2 Å². The van der Waals surface area contributed by atoms with E-state index in [1.807, 2.05) is 18.2 Å². The molecule has 0 unspecified atom stereocenters. The average Bonchev–Trinajstić information content (AvgIpc) is 3.27. The lowest BCUT2D eigenvalue weighted by Crippen LogP contribution is -1.97. The van der Waals surface area contributed by atoms with Crippen LogP contribution in [0.15, 0.2) is 35.1 Å². The van der Waals surface area contributed by atoms with Crippen molar-refractivity contribution in [2.75, 3.05) is 21.3 Å². The van der Waals surface area contributed by atoms with Crippen molar-refractivity contribution in [2.45, 2.75) is 0 Å². The van der Waals surface area contributed by atoms with Gasteiger partial charge >= 0.3 is 0 Å². The molecule has 0 fully saturated rings. The molecule has 0 bridgehead atoms. The van der Waals surface area contributed by atoms with Crippen LogP contribution in [0.4, 0.5) is 0 Å². The Morgan fingerprint density at radius 1 is 0.926 bits per heavy atom. The van der Waals surface area contributed by atoms with E-state index in [4.69, 9.17) is 14.2 Å². The van der Waals surface area contributed by atoms with E-state index in [1.165, 1.54) is 11.3 Å². The number of fused-ring (bicyclic) bond motifs is 1. The highest BCUT2D eigenvalue weighted by molar-refractivity contribution is 9.10. The Hall–Kier alpha value is -2.72. The lowest BCUT2D eigenvalue weighted by atomic mass is 10.1. The van der Waals surface area contributed by atoms with Gasteiger partial charge in [-0.05, 0) is 34.1 Å². The maximum atomic E-state index is 5.42. The maximum absolute atomic E-state index is 5.42. The molecule has 0 aliphatic rings. The number of ether oxygens (including phenoxy) is 3. The second kappa shape index (κ2) is 7.12. The van der Waals surface area contributed by atoms with Gasteiger partial charge in [0.15, 0.2) is 17.3 Å². The lowest BCUT2D eigenvalue weighted by molar-refractivity contribution is 0.324. The monoisotopic (exact) mass is 447 g/mol. The van der Waals surface area contributed by atoms with Gasteiger partial charge in [0.25, 0.3) is 0 Å². The molecule has 138 valence electrons. The number of hydrogen-bond acceptors (Lipinski definition) is 8. The molecule has 3 aromatic heterocycles. The first-order chi connectivity index (χ1) is 13.1. The molecule has 4 aromatic rings. The number of aromatic nitrogens is 5. The Kier molecular flexibility index (Phi) is 4.66. The van der Waals surface area contributed by atoms with Crippen molar-refractivity contribution >= 4 is 32.2 Å². The number of methoxy groups -OCH3 is 3. The zero-order valence-electron chi connectivity index (χ0n) is 14.6. The number of benzene rings is 1. The third-order valence-corrected chi connectivity index (χ3v) is 5.25. The zero-order chi connectivity index (χ0) is 19.0. The third kappa shape index (κ3) is 3.10. The van der Waals surface area contributed by atoms with Crippen LogP contribution in [0.2, 0.25) is 0 Å². The number of rotatable bonds is 5. The molecule has 1 aromatic carbocycles. The highest BCUT2D eigenvalue weighted by Crippen LogP contribution is 2.41. The highest BCUT2D eigenvalue weighted by atomic mass is 79.9. The van der Waals surface area contributed by atoms with E-state index in [2.05, 4.69) is 36.2 Å². The third-order valence-electron chi connectivity index (χ3n) is 3.87. The number of halogens is 1. The molecule has 0 aliphatic heterocycles. The maximum Gasteiger partial charge on any atom is 0.235 e. The lowest BCUT2D eigenvalue weighted by Gasteiger charge is -2.13.